The van der Waals surface area contributed by atoms with Crippen LogP contribution < -0.4 is 0 Å². The molecule has 0 unspecified atom stereocenters. The van der Waals surface area contributed by atoms with Gasteiger partial charge >= 0.3 is 0 Å². The number of aryl methyl sites for hydroxylation is 2. The van der Waals surface area contributed by atoms with Crippen LogP contribution in [0.15, 0.2) is 42.5 Å². The van der Waals surface area contributed by atoms with Crippen molar-refractivity contribution in [3.05, 3.63) is 70.3 Å². The summed E-state index contributed by atoms with van der Waals surface area (Å²) in [4.78, 5) is 25.3. The minimum Gasteiger partial charge on any atom is -0.371 e. The molecule has 2 aromatic carbocycles. The van der Waals surface area contributed by atoms with Gasteiger partial charge in [0.2, 0.25) is 0 Å². The lowest BCUT2D eigenvalue weighted by molar-refractivity contribution is 0.0228. The van der Waals surface area contributed by atoms with Crippen molar-refractivity contribution >= 4 is 11.6 Å². The van der Waals surface area contributed by atoms with Gasteiger partial charge in [0.15, 0.2) is 11.6 Å². The summed E-state index contributed by atoms with van der Waals surface area (Å²) in [6.45, 7) is 3.50. The summed E-state index contributed by atoms with van der Waals surface area (Å²) >= 11 is 0. The second kappa shape index (κ2) is 5.74. The zero-order valence-corrected chi connectivity index (χ0v) is 13.7. The summed E-state index contributed by atoms with van der Waals surface area (Å²) < 4.78 is 5.28. The molecule has 118 valence electrons. The monoisotopic (exact) mass is 308 g/mol. The molecule has 1 aliphatic rings. The smallest absolute Gasteiger partial charge is 0.194 e. The second-order valence-electron chi connectivity index (χ2n) is 6.40. The van der Waals surface area contributed by atoms with Crippen LogP contribution in [0.25, 0.3) is 0 Å². The molecule has 0 saturated carbocycles. The molecule has 3 rings (SSSR count). The van der Waals surface area contributed by atoms with E-state index in [2.05, 4.69) is 0 Å². The first-order valence-electron chi connectivity index (χ1n) is 7.79. The van der Waals surface area contributed by atoms with Crippen molar-refractivity contribution < 1.29 is 14.3 Å². The standard InChI is InChI=1S/C20H20O3/c1-20(2,23-3)19(22)15-10-11-17-14(12-15)9-8-13-6-4-5-7-16(13)18(17)21/h4-7,10-12H,8-9H2,1-3H3. The molecule has 0 saturated heterocycles. The minimum atomic E-state index is -0.869. The number of hydrogen-bond acceptors (Lipinski definition) is 3. The minimum absolute atomic E-state index is 0.0399. The van der Waals surface area contributed by atoms with Crippen LogP contribution in [-0.4, -0.2) is 24.3 Å². The molecule has 2 aromatic rings. The van der Waals surface area contributed by atoms with Gasteiger partial charge < -0.3 is 4.74 Å². The van der Waals surface area contributed by atoms with Gasteiger partial charge in [-0.1, -0.05) is 36.4 Å². The van der Waals surface area contributed by atoms with Crippen LogP contribution >= 0.6 is 0 Å². The Labute approximate surface area is 136 Å². The molecule has 0 bridgehead atoms. The Balaban J connectivity index is 2.03. The summed E-state index contributed by atoms with van der Waals surface area (Å²) in [6.07, 6.45) is 1.56. The lowest BCUT2D eigenvalue weighted by Crippen LogP contribution is -2.33. The lowest BCUT2D eigenvalue weighted by atomic mass is 9.91. The average molecular weight is 308 g/mol. The fourth-order valence-corrected chi connectivity index (χ4v) is 2.98. The first-order valence-corrected chi connectivity index (χ1v) is 7.79. The maximum Gasteiger partial charge on any atom is 0.194 e. The topological polar surface area (TPSA) is 43.4 Å². The molecule has 0 aliphatic heterocycles. The van der Waals surface area contributed by atoms with Crippen LogP contribution in [0, 0.1) is 0 Å². The highest BCUT2D eigenvalue weighted by atomic mass is 16.5. The van der Waals surface area contributed by atoms with E-state index in [0.29, 0.717) is 11.1 Å². The van der Waals surface area contributed by atoms with Crippen molar-refractivity contribution in [2.45, 2.75) is 32.3 Å². The lowest BCUT2D eigenvalue weighted by Gasteiger charge is -2.21. The fourth-order valence-electron chi connectivity index (χ4n) is 2.98. The van der Waals surface area contributed by atoms with Crippen molar-refractivity contribution in [1.29, 1.82) is 0 Å². The SMILES string of the molecule is COC(C)(C)C(=O)c1ccc2c(c1)CCc1ccccc1C2=O. The van der Waals surface area contributed by atoms with Crippen LogP contribution in [0.2, 0.25) is 0 Å². The van der Waals surface area contributed by atoms with Gasteiger partial charge in [-0.15, -0.1) is 0 Å². The molecule has 0 heterocycles. The Hall–Kier alpha value is -2.26. The van der Waals surface area contributed by atoms with Crippen molar-refractivity contribution in [2.75, 3.05) is 7.11 Å². The molecular weight excluding hydrogens is 288 g/mol. The number of Topliss-reactive ketones (excluding diaryl/α,β-unsaturated/α-hetero) is 1. The van der Waals surface area contributed by atoms with Crippen LogP contribution in [0.1, 0.15) is 51.3 Å². The zero-order valence-electron chi connectivity index (χ0n) is 13.7. The molecule has 0 amide bonds. The molecule has 0 N–H and O–H groups in total. The molecule has 23 heavy (non-hydrogen) atoms. The summed E-state index contributed by atoms with van der Waals surface area (Å²) in [6, 6.07) is 13.1. The van der Waals surface area contributed by atoms with Crippen molar-refractivity contribution in [3.63, 3.8) is 0 Å². The maximum atomic E-state index is 12.8. The summed E-state index contributed by atoms with van der Waals surface area (Å²) in [5.74, 6) is -0.0323. The van der Waals surface area contributed by atoms with Gasteiger partial charge in [-0.3, -0.25) is 9.59 Å². The van der Waals surface area contributed by atoms with Crippen LogP contribution in [0.5, 0.6) is 0 Å². The van der Waals surface area contributed by atoms with E-state index in [0.717, 1.165) is 29.5 Å². The number of hydrogen-bond donors (Lipinski definition) is 0. The number of ketones is 2. The van der Waals surface area contributed by atoms with E-state index in [4.69, 9.17) is 4.74 Å². The van der Waals surface area contributed by atoms with Gasteiger partial charge in [0.1, 0.15) is 5.60 Å². The highest BCUT2D eigenvalue weighted by Crippen LogP contribution is 2.26. The Morgan fingerprint density at radius 2 is 1.65 bits per heavy atom. The molecule has 0 radical (unpaired) electrons. The number of ether oxygens (including phenoxy) is 1. The Kier molecular flexibility index (Phi) is 3.90. The van der Waals surface area contributed by atoms with E-state index >= 15 is 0 Å². The number of fused-ring (bicyclic) bond motifs is 2. The molecule has 0 aromatic heterocycles. The highest BCUT2D eigenvalue weighted by molar-refractivity contribution is 6.12. The normalized spacial score (nSPS) is 14.0. The van der Waals surface area contributed by atoms with Crippen molar-refractivity contribution in [2.24, 2.45) is 0 Å². The largest absolute Gasteiger partial charge is 0.371 e. The third-order valence-corrected chi connectivity index (χ3v) is 4.59. The molecular formula is C20H20O3. The molecule has 3 nitrogen and oxygen atoms in total. The van der Waals surface area contributed by atoms with Gasteiger partial charge in [0.25, 0.3) is 0 Å². The van der Waals surface area contributed by atoms with Crippen LogP contribution in [0.4, 0.5) is 0 Å². The molecule has 0 atom stereocenters. The predicted molar refractivity (Wildman–Crippen MR) is 89.1 cm³/mol. The predicted octanol–water partition coefficient (Wildman–Crippen LogP) is 3.62. The summed E-state index contributed by atoms with van der Waals surface area (Å²) in [5.41, 5.74) is 3.19. The van der Waals surface area contributed by atoms with Gasteiger partial charge in [-0.2, -0.15) is 0 Å². The third kappa shape index (κ3) is 2.73. The van der Waals surface area contributed by atoms with E-state index in [1.807, 2.05) is 30.3 Å². The fraction of sp³-hybridized carbons (Fsp3) is 0.300. The number of carbonyl (C=O) groups excluding carboxylic acids is 2. The van der Waals surface area contributed by atoms with Crippen molar-refractivity contribution in [1.82, 2.24) is 0 Å². The van der Waals surface area contributed by atoms with Gasteiger partial charge in [-0.25, -0.2) is 0 Å². The Morgan fingerprint density at radius 1 is 1.00 bits per heavy atom. The quantitative estimate of drug-likeness (QED) is 0.813. The van der Waals surface area contributed by atoms with Crippen molar-refractivity contribution in [3.8, 4) is 0 Å². The summed E-state index contributed by atoms with van der Waals surface area (Å²) in [7, 11) is 1.53. The highest BCUT2D eigenvalue weighted by Gasteiger charge is 2.29. The Bertz CT molecular complexity index is 787. The van der Waals surface area contributed by atoms with E-state index in [-0.39, 0.29) is 11.6 Å². The molecule has 0 spiro atoms. The second-order valence-corrected chi connectivity index (χ2v) is 6.40. The number of rotatable bonds is 3. The molecule has 0 fully saturated rings. The zero-order chi connectivity index (χ0) is 16.6. The summed E-state index contributed by atoms with van der Waals surface area (Å²) in [5, 5.41) is 0. The van der Waals surface area contributed by atoms with E-state index in [1.54, 1.807) is 26.0 Å². The maximum absolute atomic E-state index is 12.8. The molecule has 3 heteroatoms. The van der Waals surface area contributed by atoms with E-state index in [1.165, 1.54) is 7.11 Å². The third-order valence-electron chi connectivity index (χ3n) is 4.59. The average Bonchev–Trinajstić information content (AvgIpc) is 2.71. The van der Waals surface area contributed by atoms with Gasteiger partial charge in [0.05, 0.1) is 0 Å². The number of carbonyl (C=O) groups is 2. The molecule has 1 aliphatic carbocycles. The van der Waals surface area contributed by atoms with Gasteiger partial charge in [0, 0.05) is 23.8 Å². The van der Waals surface area contributed by atoms with E-state index < -0.39 is 5.60 Å². The van der Waals surface area contributed by atoms with Gasteiger partial charge in [-0.05, 0) is 43.9 Å². The number of methoxy groups -OCH3 is 1. The van der Waals surface area contributed by atoms with Crippen LogP contribution in [-0.2, 0) is 17.6 Å². The Morgan fingerprint density at radius 3 is 2.39 bits per heavy atom. The van der Waals surface area contributed by atoms with E-state index in [9.17, 15) is 9.59 Å². The number of benzene rings is 2. The first kappa shape index (κ1) is 15.6. The first-order chi connectivity index (χ1) is 10.9. The van der Waals surface area contributed by atoms with Crippen LogP contribution in [0.3, 0.4) is 0 Å².